The number of benzene rings is 1. The molecular formula is C13H16N2O5. The number of hydrogen-bond donors (Lipinski definition) is 0. The Bertz CT molecular complexity index is 520. The lowest BCUT2D eigenvalue weighted by Crippen LogP contribution is -2.26. The van der Waals surface area contributed by atoms with Crippen LogP contribution in [-0.2, 0) is 14.4 Å². The first kappa shape index (κ1) is 15.6. The average molecular weight is 280 g/mol. The topological polar surface area (TPSA) is 91.0 Å². The maximum atomic E-state index is 11.3. The maximum absolute atomic E-state index is 11.3. The van der Waals surface area contributed by atoms with Gasteiger partial charge in [0.1, 0.15) is 5.60 Å². The lowest BCUT2D eigenvalue weighted by Gasteiger charge is -2.18. The summed E-state index contributed by atoms with van der Waals surface area (Å²) in [5.74, 6) is -0.534. The van der Waals surface area contributed by atoms with Crippen molar-refractivity contribution in [3.63, 3.8) is 0 Å². The highest BCUT2D eigenvalue weighted by molar-refractivity contribution is 5.80. The molecule has 0 aliphatic heterocycles. The van der Waals surface area contributed by atoms with Crippen LogP contribution in [0, 0.1) is 10.1 Å². The van der Waals surface area contributed by atoms with Crippen molar-refractivity contribution < 1.29 is 19.3 Å². The van der Waals surface area contributed by atoms with Crippen molar-refractivity contribution >= 4 is 17.9 Å². The first-order valence-corrected chi connectivity index (χ1v) is 5.89. The van der Waals surface area contributed by atoms with Gasteiger partial charge < -0.3 is 9.57 Å². The standard InChI is InChI=1S/C13H16N2O5/c1-13(2,3)20-12(16)9-19-14-8-10-5-4-6-11(7-10)15(17)18/h4-8H,9H2,1-3H3/b14-8+. The highest BCUT2D eigenvalue weighted by atomic mass is 16.7. The minimum Gasteiger partial charge on any atom is -0.457 e. The van der Waals surface area contributed by atoms with E-state index in [1.54, 1.807) is 26.8 Å². The number of carbonyl (C=O) groups is 1. The van der Waals surface area contributed by atoms with Gasteiger partial charge in [-0.25, -0.2) is 4.79 Å². The van der Waals surface area contributed by atoms with E-state index in [0.717, 1.165) is 0 Å². The molecule has 0 saturated carbocycles. The fourth-order valence-corrected chi connectivity index (χ4v) is 1.28. The number of nitro groups is 1. The Morgan fingerprint density at radius 1 is 1.45 bits per heavy atom. The van der Waals surface area contributed by atoms with E-state index >= 15 is 0 Å². The van der Waals surface area contributed by atoms with Crippen LogP contribution in [0.2, 0.25) is 0 Å². The SMILES string of the molecule is CC(C)(C)OC(=O)CO/N=C/c1cccc([N+](=O)[O-])c1. The largest absolute Gasteiger partial charge is 0.457 e. The summed E-state index contributed by atoms with van der Waals surface area (Å²) in [7, 11) is 0. The summed E-state index contributed by atoms with van der Waals surface area (Å²) in [6, 6.07) is 5.89. The molecule has 0 aliphatic rings. The Morgan fingerprint density at radius 2 is 2.15 bits per heavy atom. The number of ether oxygens (including phenoxy) is 1. The molecule has 0 saturated heterocycles. The van der Waals surface area contributed by atoms with E-state index in [2.05, 4.69) is 5.16 Å². The van der Waals surface area contributed by atoms with Crippen molar-refractivity contribution in [2.75, 3.05) is 6.61 Å². The van der Waals surface area contributed by atoms with Crippen LogP contribution in [-0.4, -0.2) is 29.3 Å². The molecule has 1 rings (SSSR count). The molecule has 0 N–H and O–H groups in total. The molecule has 0 unspecified atom stereocenters. The molecule has 0 radical (unpaired) electrons. The van der Waals surface area contributed by atoms with Gasteiger partial charge in [-0.05, 0) is 20.8 Å². The zero-order valence-corrected chi connectivity index (χ0v) is 11.5. The van der Waals surface area contributed by atoms with E-state index < -0.39 is 16.5 Å². The average Bonchev–Trinajstić information content (AvgIpc) is 2.33. The third-order valence-electron chi connectivity index (χ3n) is 1.96. The Labute approximate surface area is 116 Å². The molecule has 0 atom stereocenters. The molecule has 20 heavy (non-hydrogen) atoms. The quantitative estimate of drug-likeness (QED) is 0.357. The van der Waals surface area contributed by atoms with Gasteiger partial charge in [0.2, 0.25) is 6.61 Å². The van der Waals surface area contributed by atoms with Crippen molar-refractivity contribution in [1.29, 1.82) is 0 Å². The van der Waals surface area contributed by atoms with Gasteiger partial charge in [0.15, 0.2) is 0 Å². The van der Waals surface area contributed by atoms with Crippen LogP contribution in [0.15, 0.2) is 29.4 Å². The number of oxime groups is 1. The van der Waals surface area contributed by atoms with E-state index in [0.29, 0.717) is 5.56 Å². The molecule has 0 spiro atoms. The maximum Gasteiger partial charge on any atom is 0.347 e. The van der Waals surface area contributed by atoms with E-state index in [9.17, 15) is 14.9 Å². The van der Waals surface area contributed by atoms with Crippen LogP contribution in [0.25, 0.3) is 0 Å². The molecule has 7 nitrogen and oxygen atoms in total. The molecule has 7 heteroatoms. The highest BCUT2D eigenvalue weighted by Crippen LogP contribution is 2.11. The molecule has 0 aliphatic carbocycles. The van der Waals surface area contributed by atoms with Crippen LogP contribution in [0.5, 0.6) is 0 Å². The van der Waals surface area contributed by atoms with E-state index in [4.69, 9.17) is 9.57 Å². The summed E-state index contributed by atoms with van der Waals surface area (Å²) in [5, 5.41) is 14.1. The molecule has 108 valence electrons. The Hall–Kier alpha value is -2.44. The number of nitro benzene ring substituents is 1. The summed E-state index contributed by atoms with van der Waals surface area (Å²) in [6.45, 7) is 4.93. The van der Waals surface area contributed by atoms with E-state index in [1.807, 2.05) is 0 Å². The Kier molecular flexibility index (Phi) is 5.19. The number of carbonyl (C=O) groups excluding carboxylic acids is 1. The van der Waals surface area contributed by atoms with E-state index in [-0.39, 0.29) is 12.3 Å². The van der Waals surface area contributed by atoms with Gasteiger partial charge in [0.25, 0.3) is 5.69 Å². The van der Waals surface area contributed by atoms with Crippen LogP contribution >= 0.6 is 0 Å². The minimum absolute atomic E-state index is 0.0407. The molecular weight excluding hydrogens is 264 g/mol. The van der Waals surface area contributed by atoms with Crippen molar-refractivity contribution in [3.05, 3.63) is 39.9 Å². The van der Waals surface area contributed by atoms with E-state index in [1.165, 1.54) is 24.4 Å². The Balaban J connectivity index is 2.47. The number of esters is 1. The molecule has 1 aromatic carbocycles. The summed E-state index contributed by atoms with van der Waals surface area (Å²) < 4.78 is 5.01. The zero-order valence-electron chi connectivity index (χ0n) is 11.5. The minimum atomic E-state index is -0.579. The number of nitrogens with zero attached hydrogens (tertiary/aromatic N) is 2. The van der Waals surface area contributed by atoms with Gasteiger partial charge in [-0.15, -0.1) is 0 Å². The fourth-order valence-electron chi connectivity index (χ4n) is 1.28. The van der Waals surface area contributed by atoms with Crippen molar-refractivity contribution in [2.24, 2.45) is 5.16 Å². The van der Waals surface area contributed by atoms with Crippen LogP contribution in [0.1, 0.15) is 26.3 Å². The lowest BCUT2D eigenvalue weighted by molar-refractivity contribution is -0.384. The molecule has 0 fully saturated rings. The summed E-state index contributed by atoms with van der Waals surface area (Å²) >= 11 is 0. The van der Waals surface area contributed by atoms with Crippen molar-refractivity contribution in [2.45, 2.75) is 26.4 Å². The monoisotopic (exact) mass is 280 g/mol. The van der Waals surface area contributed by atoms with Gasteiger partial charge in [0.05, 0.1) is 11.1 Å². The Morgan fingerprint density at radius 3 is 2.75 bits per heavy atom. The smallest absolute Gasteiger partial charge is 0.347 e. The number of hydrogen-bond acceptors (Lipinski definition) is 6. The third kappa shape index (κ3) is 5.94. The number of rotatable bonds is 5. The molecule has 1 aromatic rings. The molecule has 0 heterocycles. The van der Waals surface area contributed by atoms with Crippen LogP contribution in [0.3, 0.4) is 0 Å². The molecule has 0 bridgehead atoms. The van der Waals surface area contributed by atoms with Gasteiger partial charge in [-0.1, -0.05) is 17.3 Å². The fraction of sp³-hybridized carbons (Fsp3) is 0.385. The van der Waals surface area contributed by atoms with Gasteiger partial charge >= 0.3 is 5.97 Å². The van der Waals surface area contributed by atoms with Crippen LogP contribution < -0.4 is 0 Å². The predicted octanol–water partition coefficient (Wildman–Crippen LogP) is 2.29. The zero-order chi connectivity index (χ0) is 15.2. The van der Waals surface area contributed by atoms with Gasteiger partial charge in [-0.2, -0.15) is 0 Å². The molecule has 0 aromatic heterocycles. The van der Waals surface area contributed by atoms with Gasteiger partial charge in [0, 0.05) is 17.7 Å². The second-order valence-electron chi connectivity index (χ2n) is 4.95. The summed E-state index contributed by atoms with van der Waals surface area (Å²) in [4.78, 5) is 26.1. The first-order chi connectivity index (χ1) is 9.28. The second-order valence-corrected chi connectivity index (χ2v) is 4.95. The third-order valence-corrected chi connectivity index (χ3v) is 1.96. The lowest BCUT2D eigenvalue weighted by atomic mass is 10.2. The van der Waals surface area contributed by atoms with Gasteiger partial charge in [-0.3, -0.25) is 10.1 Å². The summed E-state index contributed by atoms with van der Waals surface area (Å²) in [6.07, 6.45) is 1.29. The normalized spacial score (nSPS) is 11.3. The highest BCUT2D eigenvalue weighted by Gasteiger charge is 2.16. The van der Waals surface area contributed by atoms with Crippen molar-refractivity contribution in [1.82, 2.24) is 0 Å². The van der Waals surface area contributed by atoms with Crippen LogP contribution in [0.4, 0.5) is 5.69 Å². The molecule has 0 amide bonds. The summed E-state index contributed by atoms with van der Waals surface area (Å²) in [5.41, 5.74) is -0.117. The van der Waals surface area contributed by atoms with Crippen molar-refractivity contribution in [3.8, 4) is 0 Å². The number of non-ortho nitro benzene ring substituents is 1. The predicted molar refractivity (Wildman–Crippen MR) is 72.5 cm³/mol. The second kappa shape index (κ2) is 6.65. The first-order valence-electron chi connectivity index (χ1n) is 5.89.